The van der Waals surface area contributed by atoms with Gasteiger partial charge in [0.05, 0.1) is 12.1 Å². The Kier molecular flexibility index (Phi) is 2.38. The Labute approximate surface area is 85.8 Å². The van der Waals surface area contributed by atoms with Crippen LogP contribution in [0.2, 0.25) is 0 Å². The van der Waals surface area contributed by atoms with Crippen LogP contribution in [0.1, 0.15) is 18.0 Å². The van der Waals surface area contributed by atoms with Crippen LogP contribution in [0.15, 0.2) is 30.0 Å². The summed E-state index contributed by atoms with van der Waals surface area (Å²) in [4.78, 5) is 0. The molecule has 0 bridgehead atoms. The van der Waals surface area contributed by atoms with Crippen LogP contribution in [0.5, 0.6) is 0 Å². The topological polar surface area (TPSA) is 35.8 Å². The maximum Gasteiger partial charge on any atom is 0.128 e. The highest BCUT2D eigenvalue weighted by atomic mass is 19.1. The van der Waals surface area contributed by atoms with Gasteiger partial charge in [-0.1, -0.05) is 0 Å². The van der Waals surface area contributed by atoms with Gasteiger partial charge >= 0.3 is 0 Å². The molecule has 0 fully saturated rings. The zero-order valence-electron chi connectivity index (χ0n) is 7.80. The van der Waals surface area contributed by atoms with E-state index in [2.05, 4.69) is 5.32 Å². The van der Waals surface area contributed by atoms with Crippen LogP contribution < -0.4 is 5.32 Å². The van der Waals surface area contributed by atoms with Gasteiger partial charge in [-0.3, -0.25) is 0 Å². The molecule has 0 saturated heterocycles. The van der Waals surface area contributed by atoms with Crippen molar-refractivity contribution in [3.05, 3.63) is 47.2 Å². The van der Waals surface area contributed by atoms with Crippen LogP contribution in [0, 0.1) is 23.0 Å². The molecule has 1 N–H and O–H groups in total. The molecule has 76 valence electrons. The number of nitrogens with one attached hydrogen (secondary N) is 1. The predicted molar refractivity (Wildman–Crippen MR) is 50.5 cm³/mol. The first-order valence-electron chi connectivity index (χ1n) is 4.51. The molecule has 0 aromatic heterocycles. The summed E-state index contributed by atoms with van der Waals surface area (Å²) in [5.74, 6) is -0.930. The third-order valence-electron chi connectivity index (χ3n) is 2.36. The Morgan fingerprint density at radius 2 is 2.20 bits per heavy atom. The molecule has 4 heteroatoms. The Bertz CT molecular complexity index is 460. The van der Waals surface area contributed by atoms with Crippen LogP contribution in [0.4, 0.5) is 8.78 Å². The zero-order valence-corrected chi connectivity index (χ0v) is 7.80. The lowest BCUT2D eigenvalue weighted by molar-refractivity contribution is 0.549. The van der Waals surface area contributed by atoms with Gasteiger partial charge in [-0.25, -0.2) is 8.78 Å². The number of nitrogens with zero attached hydrogens (tertiary/aromatic N) is 1. The Hall–Kier alpha value is -1.89. The van der Waals surface area contributed by atoms with E-state index in [9.17, 15) is 8.78 Å². The summed E-state index contributed by atoms with van der Waals surface area (Å²) in [6.45, 7) is 0. The highest BCUT2D eigenvalue weighted by Crippen LogP contribution is 2.27. The van der Waals surface area contributed by atoms with Gasteiger partial charge in [-0.2, -0.15) is 5.26 Å². The third-order valence-corrected chi connectivity index (χ3v) is 2.36. The van der Waals surface area contributed by atoms with E-state index in [1.54, 1.807) is 0 Å². The number of hydrogen-bond donors (Lipinski definition) is 1. The van der Waals surface area contributed by atoms with Gasteiger partial charge in [0.2, 0.25) is 0 Å². The second-order valence-corrected chi connectivity index (χ2v) is 3.37. The predicted octanol–water partition coefficient (Wildman–Crippen LogP) is 2.41. The molecule has 1 aromatic carbocycles. The van der Waals surface area contributed by atoms with Crippen LogP contribution in [0.25, 0.3) is 0 Å². The lowest BCUT2D eigenvalue weighted by Gasteiger charge is -2.12. The van der Waals surface area contributed by atoms with Gasteiger partial charge in [0.25, 0.3) is 0 Å². The summed E-state index contributed by atoms with van der Waals surface area (Å²) in [6.07, 6.45) is 1.94. The first kappa shape index (κ1) is 9.66. The molecule has 1 heterocycles. The van der Waals surface area contributed by atoms with Crippen molar-refractivity contribution in [2.45, 2.75) is 12.5 Å². The van der Waals surface area contributed by atoms with Crippen molar-refractivity contribution in [2.75, 3.05) is 0 Å². The lowest BCUT2D eigenvalue weighted by Crippen LogP contribution is -2.11. The number of nitriles is 1. The average Bonchev–Trinajstić information content (AvgIpc) is 2.70. The SMILES string of the molecule is N#CC1=CN[C@@H](c2cc(F)ccc2F)C1. The summed E-state index contributed by atoms with van der Waals surface area (Å²) in [5.41, 5.74) is 0.806. The number of hydrogen-bond acceptors (Lipinski definition) is 2. The summed E-state index contributed by atoms with van der Waals surface area (Å²) in [6, 6.07) is 4.97. The molecular formula is C11H8F2N2. The van der Waals surface area contributed by atoms with E-state index in [-0.39, 0.29) is 11.6 Å². The van der Waals surface area contributed by atoms with E-state index in [0.717, 1.165) is 18.2 Å². The van der Waals surface area contributed by atoms with Gasteiger partial charge in [-0.15, -0.1) is 0 Å². The summed E-state index contributed by atoms with van der Waals surface area (Å²) in [7, 11) is 0. The Balaban J connectivity index is 2.26. The van der Waals surface area contributed by atoms with Gasteiger partial charge in [0.15, 0.2) is 0 Å². The van der Waals surface area contributed by atoms with E-state index in [1.165, 1.54) is 6.20 Å². The molecule has 15 heavy (non-hydrogen) atoms. The maximum absolute atomic E-state index is 13.3. The van der Waals surface area contributed by atoms with E-state index in [0.29, 0.717) is 12.0 Å². The minimum Gasteiger partial charge on any atom is -0.383 e. The minimum absolute atomic E-state index is 0.261. The van der Waals surface area contributed by atoms with Crippen molar-refractivity contribution in [1.82, 2.24) is 5.32 Å². The molecule has 1 aliphatic heterocycles. The van der Waals surface area contributed by atoms with Crippen molar-refractivity contribution in [2.24, 2.45) is 0 Å². The standard InChI is InChI=1S/C11H8F2N2/c12-8-1-2-10(13)9(4-8)11-3-7(5-14)6-15-11/h1-2,4,6,11,15H,3H2/t11-/m1/s1. The Morgan fingerprint density at radius 3 is 2.87 bits per heavy atom. The summed E-state index contributed by atoms with van der Waals surface area (Å²) >= 11 is 0. The first-order chi connectivity index (χ1) is 7.20. The highest BCUT2D eigenvalue weighted by Gasteiger charge is 2.21. The molecule has 2 rings (SSSR count). The van der Waals surface area contributed by atoms with E-state index < -0.39 is 11.6 Å². The molecule has 0 aliphatic carbocycles. The van der Waals surface area contributed by atoms with Crippen molar-refractivity contribution >= 4 is 0 Å². The van der Waals surface area contributed by atoms with Gasteiger partial charge in [0.1, 0.15) is 11.6 Å². The largest absolute Gasteiger partial charge is 0.383 e. The molecule has 0 unspecified atom stereocenters. The van der Waals surface area contributed by atoms with Crippen molar-refractivity contribution in [3.8, 4) is 6.07 Å². The fourth-order valence-electron chi connectivity index (χ4n) is 1.60. The van der Waals surface area contributed by atoms with E-state index >= 15 is 0 Å². The number of rotatable bonds is 1. The van der Waals surface area contributed by atoms with E-state index in [4.69, 9.17) is 5.26 Å². The maximum atomic E-state index is 13.3. The smallest absolute Gasteiger partial charge is 0.128 e. The second-order valence-electron chi connectivity index (χ2n) is 3.37. The average molecular weight is 206 g/mol. The van der Waals surface area contributed by atoms with Crippen molar-refractivity contribution in [3.63, 3.8) is 0 Å². The molecule has 2 nitrogen and oxygen atoms in total. The van der Waals surface area contributed by atoms with E-state index in [1.807, 2.05) is 6.07 Å². The summed E-state index contributed by atoms with van der Waals surface area (Å²) < 4.78 is 26.2. The molecule has 1 aliphatic rings. The summed E-state index contributed by atoms with van der Waals surface area (Å²) in [5, 5.41) is 11.5. The molecular weight excluding hydrogens is 198 g/mol. The first-order valence-corrected chi connectivity index (χ1v) is 4.51. The molecule has 0 spiro atoms. The molecule has 1 aromatic rings. The second kappa shape index (κ2) is 3.70. The highest BCUT2D eigenvalue weighted by molar-refractivity contribution is 5.32. The van der Waals surface area contributed by atoms with Crippen molar-refractivity contribution in [1.29, 1.82) is 5.26 Å². The monoisotopic (exact) mass is 206 g/mol. The third kappa shape index (κ3) is 1.82. The molecule has 0 amide bonds. The fraction of sp³-hybridized carbons (Fsp3) is 0.182. The van der Waals surface area contributed by atoms with Gasteiger partial charge in [0, 0.05) is 23.8 Å². The van der Waals surface area contributed by atoms with Gasteiger partial charge < -0.3 is 5.32 Å². The van der Waals surface area contributed by atoms with Crippen molar-refractivity contribution < 1.29 is 8.78 Å². The fourth-order valence-corrected chi connectivity index (χ4v) is 1.60. The molecule has 0 radical (unpaired) electrons. The zero-order chi connectivity index (χ0) is 10.8. The quantitative estimate of drug-likeness (QED) is 0.765. The van der Waals surface area contributed by atoms with Gasteiger partial charge in [-0.05, 0) is 18.2 Å². The molecule has 1 atom stereocenters. The normalized spacial score (nSPS) is 19.3. The van der Waals surface area contributed by atoms with Crippen LogP contribution in [-0.4, -0.2) is 0 Å². The lowest BCUT2D eigenvalue weighted by atomic mass is 10.0. The van der Waals surface area contributed by atoms with Crippen LogP contribution in [0.3, 0.4) is 0 Å². The minimum atomic E-state index is -0.474. The van der Waals surface area contributed by atoms with Crippen LogP contribution in [-0.2, 0) is 0 Å². The number of halogens is 2. The molecule has 0 saturated carbocycles. The number of benzene rings is 1. The Morgan fingerprint density at radius 1 is 1.40 bits per heavy atom. The van der Waals surface area contributed by atoms with Crippen LogP contribution >= 0.6 is 0 Å².